The van der Waals surface area contributed by atoms with Crippen LogP contribution < -0.4 is 20.2 Å². The molecule has 2 saturated heterocycles. The monoisotopic (exact) mass is 716 g/mol. The van der Waals surface area contributed by atoms with E-state index in [2.05, 4.69) is 25.0 Å². The largest absolute Gasteiger partial charge is 0.491 e. The van der Waals surface area contributed by atoms with Crippen LogP contribution in [0.15, 0.2) is 90.5 Å². The summed E-state index contributed by atoms with van der Waals surface area (Å²) >= 11 is 0. The zero-order valence-electron chi connectivity index (χ0n) is 29.3. The molecule has 0 spiro atoms. The maximum atomic E-state index is 14.9. The van der Waals surface area contributed by atoms with Crippen LogP contribution in [0.2, 0.25) is 0 Å². The van der Waals surface area contributed by atoms with E-state index >= 15 is 0 Å². The van der Waals surface area contributed by atoms with Gasteiger partial charge in [0.2, 0.25) is 5.79 Å². The number of piperazine rings is 1. The molecule has 3 aromatic carbocycles. The molecule has 7 rings (SSSR count). The van der Waals surface area contributed by atoms with Gasteiger partial charge in [0, 0.05) is 49.2 Å². The molecule has 2 fully saturated rings. The number of halogens is 2. The summed E-state index contributed by atoms with van der Waals surface area (Å²) in [5, 5.41) is 18.8. The predicted molar refractivity (Wildman–Crippen MR) is 189 cm³/mol. The summed E-state index contributed by atoms with van der Waals surface area (Å²) in [4.78, 5) is 21.5. The topological polar surface area (TPSA) is 125 Å². The highest BCUT2D eigenvalue weighted by Gasteiger charge is 2.46. The number of aliphatic hydroxyl groups excluding tert-OH is 1. The molecule has 52 heavy (non-hydrogen) atoms. The van der Waals surface area contributed by atoms with Gasteiger partial charge in [-0.1, -0.05) is 20.8 Å². The lowest BCUT2D eigenvalue weighted by Crippen LogP contribution is -2.46. The third-order valence-corrected chi connectivity index (χ3v) is 9.52. The minimum atomic E-state index is -1.52. The molecule has 2 aliphatic heterocycles. The minimum Gasteiger partial charge on any atom is -0.491 e. The number of rotatable bonds is 11. The van der Waals surface area contributed by atoms with Crippen LogP contribution in [0.3, 0.4) is 0 Å². The van der Waals surface area contributed by atoms with Gasteiger partial charge in [-0.3, -0.25) is 4.57 Å². The van der Waals surface area contributed by atoms with E-state index in [9.17, 15) is 18.7 Å². The van der Waals surface area contributed by atoms with Gasteiger partial charge in [0.15, 0.2) is 0 Å². The van der Waals surface area contributed by atoms with Crippen LogP contribution in [0.25, 0.3) is 5.69 Å². The molecule has 3 atom stereocenters. The highest BCUT2D eigenvalue weighted by atomic mass is 19.1. The molecule has 0 saturated carbocycles. The number of anilines is 2. The summed E-state index contributed by atoms with van der Waals surface area (Å²) in [7, 11) is 0. The van der Waals surface area contributed by atoms with Crippen molar-refractivity contribution in [3.8, 4) is 11.4 Å². The van der Waals surface area contributed by atoms with Crippen molar-refractivity contribution in [3.05, 3.63) is 113 Å². The lowest BCUT2D eigenvalue weighted by atomic mass is 9.89. The molecule has 1 N–H and O–H groups in total. The summed E-state index contributed by atoms with van der Waals surface area (Å²) in [6.07, 6.45) is 3.12. The van der Waals surface area contributed by atoms with Crippen LogP contribution in [0, 0.1) is 17.0 Å². The molecule has 3 unspecified atom stereocenters. The molecule has 0 amide bonds. The smallest absolute Gasteiger partial charge is 0.350 e. The Morgan fingerprint density at radius 2 is 1.58 bits per heavy atom. The number of hydrogen-bond acceptors (Lipinski definition) is 10. The van der Waals surface area contributed by atoms with Gasteiger partial charge in [0.1, 0.15) is 55.6 Å². The first kappa shape index (κ1) is 35.3. The van der Waals surface area contributed by atoms with E-state index in [1.165, 1.54) is 45.0 Å². The van der Waals surface area contributed by atoms with Gasteiger partial charge < -0.3 is 29.1 Å². The average molecular weight is 717 g/mol. The van der Waals surface area contributed by atoms with E-state index in [1.807, 2.05) is 69.3 Å². The van der Waals surface area contributed by atoms with Crippen molar-refractivity contribution in [2.75, 3.05) is 49.2 Å². The normalized spacial score (nSPS) is 20.0. The molecule has 13 nitrogen and oxygen atoms in total. The summed E-state index contributed by atoms with van der Waals surface area (Å²) in [5.74, 6) is -2.33. The Labute approximate surface area is 299 Å². The fraction of sp³-hybridized carbons (Fsp3) is 0.405. The molecular weight excluding hydrogens is 674 g/mol. The van der Waals surface area contributed by atoms with E-state index in [4.69, 9.17) is 14.2 Å². The standard InChI is InChI=1S/C37H42F2N8O5/c1-36(2,3)34(48)19-45-25-42-47(35(45)49)29-7-5-27(6-8-29)43-14-16-44(17-15-43)28-9-11-30(12-10-28)50-20-31-21-51-37(52-31,22-46-24-40-23-41-46)32-13-4-26(38)18-33(32)39/h4-13,18,23-25,31,34,48H,14-17,19-22H2,1-3H3. The van der Waals surface area contributed by atoms with Crippen molar-refractivity contribution in [2.24, 2.45) is 5.41 Å². The quantitative estimate of drug-likeness (QED) is 0.215. The molecule has 2 aromatic heterocycles. The van der Waals surface area contributed by atoms with Crippen LogP contribution in [0.5, 0.6) is 5.75 Å². The molecule has 2 aliphatic rings. The van der Waals surface area contributed by atoms with E-state index in [-0.39, 0.29) is 43.0 Å². The van der Waals surface area contributed by atoms with Crippen LogP contribution in [-0.2, 0) is 28.4 Å². The zero-order chi connectivity index (χ0) is 36.5. The molecule has 4 heterocycles. The maximum absolute atomic E-state index is 14.9. The lowest BCUT2D eigenvalue weighted by Gasteiger charge is -2.37. The van der Waals surface area contributed by atoms with Crippen molar-refractivity contribution >= 4 is 11.4 Å². The number of ether oxygens (including phenoxy) is 3. The van der Waals surface area contributed by atoms with Gasteiger partial charge in [0.05, 0.1) is 24.9 Å². The van der Waals surface area contributed by atoms with E-state index in [0.29, 0.717) is 11.4 Å². The highest BCUT2D eigenvalue weighted by molar-refractivity contribution is 5.54. The second-order valence-electron chi connectivity index (χ2n) is 14.2. The van der Waals surface area contributed by atoms with Gasteiger partial charge in [-0.25, -0.2) is 23.2 Å². The molecule has 15 heteroatoms. The zero-order valence-corrected chi connectivity index (χ0v) is 29.3. The first-order valence-corrected chi connectivity index (χ1v) is 17.2. The second kappa shape index (κ2) is 14.5. The third kappa shape index (κ3) is 7.56. The molecule has 274 valence electrons. The summed E-state index contributed by atoms with van der Waals surface area (Å²) in [6, 6.07) is 18.9. The minimum absolute atomic E-state index is 0.0251. The average Bonchev–Trinajstić information content (AvgIpc) is 3.89. The van der Waals surface area contributed by atoms with E-state index in [0.717, 1.165) is 43.6 Å². The molecule has 5 aromatic rings. The van der Waals surface area contributed by atoms with Crippen LogP contribution >= 0.6 is 0 Å². The Morgan fingerprint density at radius 3 is 2.19 bits per heavy atom. The van der Waals surface area contributed by atoms with Crippen LogP contribution in [0.1, 0.15) is 26.3 Å². The van der Waals surface area contributed by atoms with Gasteiger partial charge in [-0.15, -0.1) is 0 Å². The third-order valence-electron chi connectivity index (χ3n) is 9.52. The molecular formula is C37H42F2N8O5. The molecule has 0 aliphatic carbocycles. The van der Waals surface area contributed by atoms with Crippen molar-refractivity contribution in [1.29, 1.82) is 0 Å². The fourth-order valence-corrected chi connectivity index (χ4v) is 6.35. The molecule has 0 radical (unpaired) electrons. The summed E-state index contributed by atoms with van der Waals surface area (Å²) in [6.45, 7) is 9.59. The van der Waals surface area contributed by atoms with Crippen molar-refractivity contribution in [2.45, 2.75) is 51.9 Å². The first-order valence-electron chi connectivity index (χ1n) is 17.2. The summed E-state index contributed by atoms with van der Waals surface area (Å²) in [5.41, 5.74) is 2.24. The summed E-state index contributed by atoms with van der Waals surface area (Å²) < 4.78 is 51.1. The Hall–Kier alpha value is -5.12. The SMILES string of the molecule is CC(C)(C)C(O)Cn1cnn(-c2ccc(N3CCN(c4ccc(OCC5COC(Cn6cncn6)(c6ccc(F)cc6F)O5)cc4)CC3)cc2)c1=O. The molecule has 0 bridgehead atoms. The number of benzene rings is 3. The second-order valence-corrected chi connectivity index (χ2v) is 14.2. The van der Waals surface area contributed by atoms with E-state index < -0.39 is 29.6 Å². The Kier molecular flexibility index (Phi) is 9.83. The number of aliphatic hydroxyl groups is 1. The Bertz CT molecular complexity index is 2010. The van der Waals surface area contributed by atoms with Crippen molar-refractivity contribution in [1.82, 2.24) is 29.1 Å². The number of hydrogen-bond donors (Lipinski definition) is 1. The lowest BCUT2D eigenvalue weighted by molar-refractivity contribution is -0.192. The van der Waals surface area contributed by atoms with Crippen LogP contribution in [-0.4, -0.2) is 85.8 Å². The van der Waals surface area contributed by atoms with Gasteiger partial charge in [-0.05, 0) is 66.1 Å². The first-order chi connectivity index (χ1) is 25.0. The Morgan fingerprint density at radius 1 is 0.923 bits per heavy atom. The predicted octanol–water partition coefficient (Wildman–Crippen LogP) is 3.98. The van der Waals surface area contributed by atoms with Crippen LogP contribution in [0.4, 0.5) is 20.2 Å². The number of aromatic nitrogens is 6. The number of nitrogens with zero attached hydrogens (tertiary/aromatic N) is 8. The van der Waals surface area contributed by atoms with Gasteiger partial charge in [0.25, 0.3) is 0 Å². The van der Waals surface area contributed by atoms with E-state index in [1.54, 1.807) is 0 Å². The maximum Gasteiger partial charge on any atom is 0.350 e. The van der Waals surface area contributed by atoms with Gasteiger partial charge in [-0.2, -0.15) is 14.9 Å². The Balaban J connectivity index is 0.914. The fourth-order valence-electron chi connectivity index (χ4n) is 6.35. The van der Waals surface area contributed by atoms with Crippen molar-refractivity contribution in [3.63, 3.8) is 0 Å². The van der Waals surface area contributed by atoms with Crippen molar-refractivity contribution < 1.29 is 28.1 Å². The van der Waals surface area contributed by atoms with Gasteiger partial charge >= 0.3 is 5.69 Å². The highest BCUT2D eigenvalue weighted by Crippen LogP contribution is 2.38.